The van der Waals surface area contributed by atoms with Crippen LogP contribution in [-0.2, 0) is 14.8 Å². The van der Waals surface area contributed by atoms with Crippen LogP contribution in [0.4, 0.5) is 0 Å². The van der Waals surface area contributed by atoms with Crippen LogP contribution in [-0.4, -0.2) is 46.3 Å². The summed E-state index contributed by atoms with van der Waals surface area (Å²) in [5.41, 5.74) is 0. The zero-order valence-electron chi connectivity index (χ0n) is 9.62. The SMILES string of the molecule is CC1NCCC1C(=O)NCCNS(C)(=O)=O. The molecule has 94 valence electrons. The molecule has 1 saturated heterocycles. The number of rotatable bonds is 5. The number of amides is 1. The third-order valence-corrected chi connectivity index (χ3v) is 3.38. The number of carbonyl (C=O) groups excluding carboxylic acids is 1. The van der Waals surface area contributed by atoms with Crippen LogP contribution in [0, 0.1) is 5.92 Å². The van der Waals surface area contributed by atoms with Crippen molar-refractivity contribution in [2.45, 2.75) is 19.4 Å². The Bertz CT molecular complexity index is 342. The van der Waals surface area contributed by atoms with Crippen molar-refractivity contribution < 1.29 is 13.2 Å². The molecule has 2 unspecified atom stereocenters. The smallest absolute Gasteiger partial charge is 0.224 e. The van der Waals surface area contributed by atoms with E-state index in [0.717, 1.165) is 19.2 Å². The maximum absolute atomic E-state index is 11.7. The normalized spacial score (nSPS) is 25.6. The first-order valence-corrected chi connectivity index (χ1v) is 7.25. The van der Waals surface area contributed by atoms with Crippen molar-refractivity contribution in [1.82, 2.24) is 15.4 Å². The Morgan fingerprint density at radius 3 is 2.62 bits per heavy atom. The minimum absolute atomic E-state index is 0.00164. The summed E-state index contributed by atoms with van der Waals surface area (Å²) in [7, 11) is -3.17. The van der Waals surface area contributed by atoms with Gasteiger partial charge in [0.15, 0.2) is 0 Å². The van der Waals surface area contributed by atoms with Crippen LogP contribution in [0.15, 0.2) is 0 Å². The Kier molecular flexibility index (Phi) is 4.69. The molecule has 0 radical (unpaired) electrons. The predicted molar refractivity (Wildman–Crippen MR) is 61.4 cm³/mol. The fourth-order valence-electron chi connectivity index (χ4n) is 1.77. The largest absolute Gasteiger partial charge is 0.354 e. The topological polar surface area (TPSA) is 87.3 Å². The lowest BCUT2D eigenvalue weighted by molar-refractivity contribution is -0.125. The Balaban J connectivity index is 2.20. The van der Waals surface area contributed by atoms with Crippen molar-refractivity contribution in [3.05, 3.63) is 0 Å². The summed E-state index contributed by atoms with van der Waals surface area (Å²) < 4.78 is 23.8. The molecule has 2 atom stereocenters. The second kappa shape index (κ2) is 5.60. The Labute approximate surface area is 96.2 Å². The fraction of sp³-hybridized carbons (Fsp3) is 0.889. The molecule has 0 aliphatic carbocycles. The highest BCUT2D eigenvalue weighted by molar-refractivity contribution is 7.88. The van der Waals surface area contributed by atoms with Gasteiger partial charge in [0.25, 0.3) is 0 Å². The number of hydrogen-bond donors (Lipinski definition) is 3. The van der Waals surface area contributed by atoms with E-state index in [0.29, 0.717) is 6.54 Å². The van der Waals surface area contributed by atoms with Crippen LogP contribution < -0.4 is 15.4 Å². The zero-order valence-corrected chi connectivity index (χ0v) is 10.4. The van der Waals surface area contributed by atoms with Gasteiger partial charge in [0, 0.05) is 19.1 Å². The summed E-state index contributed by atoms with van der Waals surface area (Å²) >= 11 is 0. The molecule has 3 N–H and O–H groups in total. The summed E-state index contributed by atoms with van der Waals surface area (Å²) in [5, 5.41) is 5.91. The number of hydrogen-bond acceptors (Lipinski definition) is 4. The van der Waals surface area contributed by atoms with E-state index in [2.05, 4.69) is 15.4 Å². The summed E-state index contributed by atoms with van der Waals surface area (Å²) in [6.07, 6.45) is 1.93. The molecule has 0 spiro atoms. The molecule has 0 bridgehead atoms. The third kappa shape index (κ3) is 4.46. The predicted octanol–water partition coefficient (Wildman–Crippen LogP) is -1.35. The molecule has 0 aromatic heterocycles. The highest BCUT2D eigenvalue weighted by Crippen LogP contribution is 2.14. The zero-order chi connectivity index (χ0) is 12.2. The molecular weight excluding hydrogens is 230 g/mol. The maximum atomic E-state index is 11.7. The van der Waals surface area contributed by atoms with Crippen LogP contribution in [0.1, 0.15) is 13.3 Å². The van der Waals surface area contributed by atoms with E-state index >= 15 is 0 Å². The van der Waals surface area contributed by atoms with Gasteiger partial charge in [0.2, 0.25) is 15.9 Å². The summed E-state index contributed by atoms with van der Waals surface area (Å²) in [6, 6.07) is 0.197. The average molecular weight is 249 g/mol. The summed E-state index contributed by atoms with van der Waals surface area (Å²) in [6.45, 7) is 3.40. The third-order valence-electron chi connectivity index (χ3n) is 2.65. The monoisotopic (exact) mass is 249 g/mol. The van der Waals surface area contributed by atoms with Crippen molar-refractivity contribution in [2.75, 3.05) is 25.9 Å². The molecule has 1 heterocycles. The standard InChI is InChI=1S/C9H19N3O3S/c1-7-8(3-4-10-7)9(13)11-5-6-12-16(2,14)15/h7-8,10,12H,3-6H2,1-2H3,(H,11,13). The quantitative estimate of drug-likeness (QED) is 0.526. The Hall–Kier alpha value is -0.660. The van der Waals surface area contributed by atoms with Crippen LogP contribution in [0.3, 0.4) is 0 Å². The van der Waals surface area contributed by atoms with E-state index in [9.17, 15) is 13.2 Å². The van der Waals surface area contributed by atoms with Gasteiger partial charge in [-0.25, -0.2) is 13.1 Å². The first-order chi connectivity index (χ1) is 7.40. The number of nitrogens with one attached hydrogen (secondary N) is 3. The first kappa shape index (κ1) is 13.4. The molecule has 7 heteroatoms. The van der Waals surface area contributed by atoms with Crippen molar-refractivity contribution in [1.29, 1.82) is 0 Å². The highest BCUT2D eigenvalue weighted by Gasteiger charge is 2.28. The lowest BCUT2D eigenvalue weighted by Crippen LogP contribution is -2.40. The minimum atomic E-state index is -3.17. The number of carbonyl (C=O) groups is 1. The fourth-order valence-corrected chi connectivity index (χ4v) is 2.24. The van der Waals surface area contributed by atoms with Crippen LogP contribution in [0.5, 0.6) is 0 Å². The summed E-state index contributed by atoms with van der Waals surface area (Å²) in [4.78, 5) is 11.7. The molecule has 1 rings (SSSR count). The van der Waals surface area contributed by atoms with Crippen LogP contribution in [0.2, 0.25) is 0 Å². The minimum Gasteiger partial charge on any atom is -0.354 e. The van der Waals surface area contributed by atoms with Crippen molar-refractivity contribution >= 4 is 15.9 Å². The molecule has 0 aromatic carbocycles. The van der Waals surface area contributed by atoms with E-state index in [4.69, 9.17) is 0 Å². The average Bonchev–Trinajstić information content (AvgIpc) is 2.57. The molecule has 1 fully saturated rings. The van der Waals surface area contributed by atoms with E-state index in [-0.39, 0.29) is 24.4 Å². The van der Waals surface area contributed by atoms with Crippen LogP contribution in [0.25, 0.3) is 0 Å². The Morgan fingerprint density at radius 2 is 2.12 bits per heavy atom. The van der Waals surface area contributed by atoms with E-state index in [1.807, 2.05) is 6.92 Å². The molecule has 0 saturated carbocycles. The van der Waals surface area contributed by atoms with Gasteiger partial charge in [0.1, 0.15) is 0 Å². The first-order valence-electron chi connectivity index (χ1n) is 5.36. The molecule has 1 aliphatic heterocycles. The second-order valence-electron chi connectivity index (χ2n) is 4.10. The van der Waals surface area contributed by atoms with Crippen molar-refractivity contribution in [2.24, 2.45) is 5.92 Å². The van der Waals surface area contributed by atoms with Gasteiger partial charge >= 0.3 is 0 Å². The molecular formula is C9H19N3O3S. The van der Waals surface area contributed by atoms with Crippen molar-refractivity contribution in [3.8, 4) is 0 Å². The van der Waals surface area contributed by atoms with E-state index < -0.39 is 10.0 Å². The highest BCUT2D eigenvalue weighted by atomic mass is 32.2. The molecule has 16 heavy (non-hydrogen) atoms. The van der Waals surface area contributed by atoms with Crippen molar-refractivity contribution in [3.63, 3.8) is 0 Å². The van der Waals surface area contributed by atoms with Crippen LogP contribution >= 0.6 is 0 Å². The van der Waals surface area contributed by atoms with E-state index in [1.165, 1.54) is 0 Å². The van der Waals surface area contributed by atoms with Gasteiger partial charge in [-0.3, -0.25) is 4.79 Å². The number of sulfonamides is 1. The van der Waals surface area contributed by atoms with Gasteiger partial charge in [-0.05, 0) is 19.9 Å². The lowest BCUT2D eigenvalue weighted by atomic mass is 10.0. The van der Waals surface area contributed by atoms with Gasteiger partial charge in [0.05, 0.1) is 12.2 Å². The lowest BCUT2D eigenvalue weighted by Gasteiger charge is -2.14. The molecule has 1 aliphatic rings. The summed E-state index contributed by atoms with van der Waals surface area (Å²) in [5.74, 6) is -0.00830. The van der Waals surface area contributed by atoms with Gasteiger partial charge < -0.3 is 10.6 Å². The molecule has 6 nitrogen and oxygen atoms in total. The van der Waals surface area contributed by atoms with Gasteiger partial charge in [-0.1, -0.05) is 0 Å². The van der Waals surface area contributed by atoms with Gasteiger partial charge in [-0.2, -0.15) is 0 Å². The Morgan fingerprint density at radius 1 is 1.44 bits per heavy atom. The maximum Gasteiger partial charge on any atom is 0.224 e. The van der Waals surface area contributed by atoms with Gasteiger partial charge in [-0.15, -0.1) is 0 Å². The molecule has 0 aromatic rings. The van der Waals surface area contributed by atoms with E-state index in [1.54, 1.807) is 0 Å². The second-order valence-corrected chi connectivity index (χ2v) is 5.93. The molecule has 1 amide bonds.